The monoisotopic (exact) mass is 328 g/mol. The lowest BCUT2D eigenvalue weighted by molar-refractivity contribution is -0.286. The number of halogens is 2. The number of hydrogen-bond donors (Lipinski definition) is 2. The summed E-state index contributed by atoms with van der Waals surface area (Å²) in [6.45, 7) is 2.75. The number of alkyl halides is 2. The van der Waals surface area contributed by atoms with E-state index in [1.54, 1.807) is 0 Å². The number of fused-ring (bicyclic) bond motifs is 1. The van der Waals surface area contributed by atoms with Crippen molar-refractivity contribution in [3.63, 3.8) is 0 Å². The molecular weight excluding hydrogens is 306 g/mol. The molecule has 2 rings (SSSR count). The Labute approximate surface area is 134 Å². The largest absolute Gasteiger partial charge is 0.586 e. The number of urea groups is 1. The molecule has 0 aromatic heterocycles. The van der Waals surface area contributed by atoms with E-state index in [2.05, 4.69) is 27.0 Å². The van der Waals surface area contributed by atoms with Gasteiger partial charge in [-0.1, -0.05) is 39.0 Å². The highest BCUT2D eigenvalue weighted by Crippen LogP contribution is 2.42. The average molecular weight is 328 g/mol. The minimum absolute atomic E-state index is 0.0481. The summed E-state index contributed by atoms with van der Waals surface area (Å²) in [5.41, 5.74) is 0.366. The third-order valence-corrected chi connectivity index (χ3v) is 3.48. The van der Waals surface area contributed by atoms with Crippen LogP contribution >= 0.6 is 0 Å². The summed E-state index contributed by atoms with van der Waals surface area (Å²) in [5, 5.41) is 5.32. The first kappa shape index (κ1) is 17.3. The second-order valence-corrected chi connectivity index (χ2v) is 5.48. The zero-order valence-electron chi connectivity index (χ0n) is 13.2. The van der Waals surface area contributed by atoms with E-state index in [1.165, 1.54) is 43.9 Å². The van der Waals surface area contributed by atoms with Crippen LogP contribution in [0.1, 0.15) is 45.4 Å². The molecule has 0 spiro atoms. The van der Waals surface area contributed by atoms with Gasteiger partial charge in [-0.3, -0.25) is 0 Å². The first-order valence-electron chi connectivity index (χ1n) is 7.95. The summed E-state index contributed by atoms with van der Waals surface area (Å²) in [5.74, 6) is -0.142. The van der Waals surface area contributed by atoms with Gasteiger partial charge in [0.25, 0.3) is 0 Å². The molecule has 7 heteroatoms. The van der Waals surface area contributed by atoms with Gasteiger partial charge in [0, 0.05) is 18.3 Å². The molecule has 0 bridgehead atoms. The first-order valence-corrected chi connectivity index (χ1v) is 7.95. The summed E-state index contributed by atoms with van der Waals surface area (Å²) in [4.78, 5) is 11.7. The number of carbonyl (C=O) groups excluding carboxylic acids is 1. The Balaban J connectivity index is 1.68. The normalized spacial score (nSPS) is 14.6. The molecule has 1 aliphatic heterocycles. The van der Waals surface area contributed by atoms with Gasteiger partial charge in [-0.05, 0) is 18.6 Å². The molecule has 1 heterocycles. The molecule has 0 atom stereocenters. The van der Waals surface area contributed by atoms with Crippen LogP contribution < -0.4 is 20.1 Å². The van der Waals surface area contributed by atoms with E-state index in [9.17, 15) is 13.6 Å². The molecule has 0 radical (unpaired) electrons. The Bertz CT molecular complexity index is 538. The van der Waals surface area contributed by atoms with Crippen LogP contribution in [0, 0.1) is 0 Å². The zero-order valence-corrected chi connectivity index (χ0v) is 13.2. The van der Waals surface area contributed by atoms with Gasteiger partial charge in [0.05, 0.1) is 0 Å². The van der Waals surface area contributed by atoms with Gasteiger partial charge >= 0.3 is 12.3 Å². The molecule has 1 aliphatic rings. The molecule has 23 heavy (non-hydrogen) atoms. The molecule has 0 aliphatic carbocycles. The third kappa shape index (κ3) is 5.58. The first-order chi connectivity index (χ1) is 11.0. The van der Waals surface area contributed by atoms with Gasteiger partial charge in [-0.25, -0.2) is 4.79 Å². The number of rotatable bonds is 8. The summed E-state index contributed by atoms with van der Waals surface area (Å²) in [6, 6.07) is 3.75. The molecule has 2 N–H and O–H groups in total. The molecule has 2 amide bonds. The highest BCUT2D eigenvalue weighted by molar-refractivity contribution is 5.89. The van der Waals surface area contributed by atoms with E-state index < -0.39 is 6.29 Å². The van der Waals surface area contributed by atoms with Crippen LogP contribution in [-0.2, 0) is 0 Å². The van der Waals surface area contributed by atoms with Gasteiger partial charge < -0.3 is 20.1 Å². The van der Waals surface area contributed by atoms with Crippen LogP contribution in [0.25, 0.3) is 0 Å². The minimum atomic E-state index is -3.65. The van der Waals surface area contributed by atoms with Crippen molar-refractivity contribution < 1.29 is 23.0 Å². The average Bonchev–Trinajstić information content (AvgIpc) is 2.79. The smallest absolute Gasteiger partial charge is 0.395 e. The minimum Gasteiger partial charge on any atom is -0.395 e. The van der Waals surface area contributed by atoms with Crippen molar-refractivity contribution in [3.8, 4) is 11.5 Å². The summed E-state index contributed by atoms with van der Waals surface area (Å²) in [7, 11) is 0. The number of nitrogens with one attached hydrogen (secondary N) is 2. The highest BCUT2D eigenvalue weighted by Gasteiger charge is 2.43. The predicted octanol–water partition coefficient (Wildman–Crippen LogP) is 4.49. The fourth-order valence-electron chi connectivity index (χ4n) is 2.31. The fraction of sp³-hybridized carbons (Fsp3) is 0.562. The lowest BCUT2D eigenvalue weighted by Gasteiger charge is -2.08. The van der Waals surface area contributed by atoms with Crippen molar-refractivity contribution in [3.05, 3.63) is 18.2 Å². The second kappa shape index (κ2) is 7.99. The molecule has 1 aromatic carbocycles. The zero-order chi connectivity index (χ0) is 16.7. The number of unbranched alkanes of at least 4 members (excludes halogenated alkanes) is 5. The number of benzene rings is 1. The number of anilines is 1. The number of amides is 2. The van der Waals surface area contributed by atoms with E-state index in [0.717, 1.165) is 12.8 Å². The van der Waals surface area contributed by atoms with Gasteiger partial charge in [0.1, 0.15) is 0 Å². The molecule has 1 aromatic rings. The quantitative estimate of drug-likeness (QED) is 0.691. The van der Waals surface area contributed by atoms with Gasteiger partial charge in [-0.15, -0.1) is 8.78 Å². The van der Waals surface area contributed by atoms with Crippen LogP contribution in [0.4, 0.5) is 19.3 Å². The maximum absolute atomic E-state index is 12.9. The van der Waals surface area contributed by atoms with Crippen molar-refractivity contribution in [1.29, 1.82) is 0 Å². The summed E-state index contributed by atoms with van der Waals surface area (Å²) in [6.07, 6.45) is 3.21. The Hall–Kier alpha value is -2.05. The lowest BCUT2D eigenvalue weighted by Crippen LogP contribution is -2.29. The van der Waals surface area contributed by atoms with Gasteiger partial charge in [-0.2, -0.15) is 0 Å². The van der Waals surface area contributed by atoms with Crippen LogP contribution in [0.15, 0.2) is 18.2 Å². The molecule has 0 unspecified atom stereocenters. The van der Waals surface area contributed by atoms with Crippen molar-refractivity contribution in [2.75, 3.05) is 11.9 Å². The number of carbonyl (C=O) groups is 1. The van der Waals surface area contributed by atoms with Crippen molar-refractivity contribution in [2.24, 2.45) is 0 Å². The van der Waals surface area contributed by atoms with E-state index >= 15 is 0 Å². The molecule has 0 saturated carbocycles. The van der Waals surface area contributed by atoms with E-state index in [0.29, 0.717) is 12.2 Å². The Morgan fingerprint density at radius 3 is 2.57 bits per heavy atom. The Morgan fingerprint density at radius 1 is 1.09 bits per heavy atom. The molecule has 128 valence electrons. The van der Waals surface area contributed by atoms with E-state index in [1.807, 2.05) is 0 Å². The van der Waals surface area contributed by atoms with Crippen molar-refractivity contribution >= 4 is 11.7 Å². The van der Waals surface area contributed by atoms with Crippen molar-refractivity contribution in [1.82, 2.24) is 5.32 Å². The topological polar surface area (TPSA) is 59.6 Å². The fourth-order valence-corrected chi connectivity index (χ4v) is 2.31. The number of hydrogen-bond acceptors (Lipinski definition) is 3. The molecular formula is C16H22F2N2O3. The van der Waals surface area contributed by atoms with Crippen LogP contribution in [0.5, 0.6) is 11.5 Å². The SMILES string of the molecule is CCCCCCCCNC(=O)Nc1ccc2c(c1)OC(F)(F)O2. The number of ether oxygens (including phenoxy) is 2. The Morgan fingerprint density at radius 2 is 1.78 bits per heavy atom. The molecule has 0 fully saturated rings. The summed E-state index contributed by atoms with van der Waals surface area (Å²) >= 11 is 0. The standard InChI is InChI=1S/C16H22F2N2O3/c1-2-3-4-5-6-7-10-19-15(21)20-12-8-9-13-14(11-12)23-16(17,18)22-13/h8-9,11H,2-7,10H2,1H3,(H2,19,20,21). The van der Waals surface area contributed by atoms with Crippen LogP contribution in [0.3, 0.4) is 0 Å². The van der Waals surface area contributed by atoms with E-state index in [-0.39, 0.29) is 17.5 Å². The van der Waals surface area contributed by atoms with Crippen LogP contribution in [0.2, 0.25) is 0 Å². The maximum atomic E-state index is 12.9. The van der Waals surface area contributed by atoms with Crippen LogP contribution in [-0.4, -0.2) is 18.9 Å². The van der Waals surface area contributed by atoms with Crippen molar-refractivity contribution in [2.45, 2.75) is 51.7 Å². The third-order valence-electron chi connectivity index (χ3n) is 3.48. The molecule has 5 nitrogen and oxygen atoms in total. The van der Waals surface area contributed by atoms with Gasteiger partial charge in [0.15, 0.2) is 11.5 Å². The van der Waals surface area contributed by atoms with E-state index in [4.69, 9.17) is 0 Å². The predicted molar refractivity (Wildman–Crippen MR) is 83.0 cm³/mol. The van der Waals surface area contributed by atoms with Gasteiger partial charge in [0.2, 0.25) is 0 Å². The highest BCUT2D eigenvalue weighted by atomic mass is 19.3. The summed E-state index contributed by atoms with van der Waals surface area (Å²) < 4.78 is 34.4. The molecule has 0 saturated heterocycles. The lowest BCUT2D eigenvalue weighted by atomic mass is 10.1. The Kier molecular flexibility index (Phi) is 6.01. The second-order valence-electron chi connectivity index (χ2n) is 5.48. The maximum Gasteiger partial charge on any atom is 0.586 e.